The van der Waals surface area contributed by atoms with Crippen LogP contribution in [0.25, 0.3) is 10.9 Å². The fourth-order valence-electron chi connectivity index (χ4n) is 1.76. The van der Waals surface area contributed by atoms with Gasteiger partial charge >= 0.3 is 0 Å². The topological polar surface area (TPSA) is 45.8 Å². The van der Waals surface area contributed by atoms with Crippen molar-refractivity contribution in [3.63, 3.8) is 0 Å². The van der Waals surface area contributed by atoms with Gasteiger partial charge in [0.25, 0.3) is 0 Å². The number of rotatable bonds is 2. The van der Waals surface area contributed by atoms with Crippen molar-refractivity contribution in [2.45, 2.75) is 13.5 Å². The molecule has 0 aliphatic heterocycles. The number of fused-ring (bicyclic) bond motifs is 1. The Hall–Kier alpha value is -2.15. The highest BCUT2D eigenvalue weighted by atomic mass is 19.1. The van der Waals surface area contributed by atoms with Crippen molar-refractivity contribution in [1.82, 2.24) is 4.57 Å². The predicted molar refractivity (Wildman–Crippen MR) is 57.5 cm³/mol. The maximum absolute atomic E-state index is 13.1. The van der Waals surface area contributed by atoms with Crippen LogP contribution in [-0.2, 0) is 6.54 Å². The van der Waals surface area contributed by atoms with Crippen LogP contribution in [0.1, 0.15) is 17.3 Å². The molecule has 0 spiro atoms. The van der Waals surface area contributed by atoms with Crippen molar-refractivity contribution in [2.75, 3.05) is 0 Å². The average molecular weight is 216 g/mol. The summed E-state index contributed by atoms with van der Waals surface area (Å²) >= 11 is 0. The number of benzene rings is 1. The van der Waals surface area contributed by atoms with Gasteiger partial charge in [-0.05, 0) is 25.1 Å². The van der Waals surface area contributed by atoms with Crippen LogP contribution in [-0.4, -0.2) is 10.4 Å². The molecule has 0 aliphatic carbocycles. The fourth-order valence-corrected chi connectivity index (χ4v) is 1.76. The van der Waals surface area contributed by atoms with Crippen LogP contribution in [0.2, 0.25) is 0 Å². The third kappa shape index (κ3) is 1.57. The van der Waals surface area contributed by atoms with Crippen molar-refractivity contribution in [1.29, 1.82) is 5.26 Å². The first-order chi connectivity index (χ1) is 7.63. The number of hydrogen-bond acceptors (Lipinski definition) is 2. The molecule has 0 N–H and O–H groups in total. The summed E-state index contributed by atoms with van der Waals surface area (Å²) in [5.41, 5.74) is 1.15. The summed E-state index contributed by atoms with van der Waals surface area (Å²) in [4.78, 5) is 11.4. The van der Waals surface area contributed by atoms with Gasteiger partial charge in [0, 0.05) is 22.7 Å². The van der Waals surface area contributed by atoms with Crippen molar-refractivity contribution < 1.29 is 9.18 Å². The molecule has 0 unspecified atom stereocenters. The summed E-state index contributed by atoms with van der Waals surface area (Å²) in [7, 11) is 0. The van der Waals surface area contributed by atoms with Gasteiger partial charge in [0.2, 0.25) is 0 Å². The van der Waals surface area contributed by atoms with E-state index in [1.54, 1.807) is 16.8 Å². The molecule has 16 heavy (non-hydrogen) atoms. The van der Waals surface area contributed by atoms with Crippen LogP contribution >= 0.6 is 0 Å². The Morgan fingerprint density at radius 3 is 2.94 bits per heavy atom. The number of aromatic nitrogens is 1. The Balaban J connectivity index is 2.77. The van der Waals surface area contributed by atoms with Gasteiger partial charge in [-0.25, -0.2) is 4.39 Å². The summed E-state index contributed by atoms with van der Waals surface area (Å²) in [5, 5.41) is 9.21. The second-order valence-corrected chi connectivity index (χ2v) is 3.55. The zero-order chi connectivity index (χ0) is 11.7. The lowest BCUT2D eigenvalue weighted by Gasteiger charge is -1.97. The third-order valence-electron chi connectivity index (χ3n) is 2.46. The highest BCUT2D eigenvalue weighted by Crippen LogP contribution is 2.22. The maximum Gasteiger partial charge on any atom is 0.161 e. The molecule has 0 amide bonds. The molecule has 4 heteroatoms. The molecule has 1 heterocycles. The number of halogens is 1. The average Bonchev–Trinajstić information content (AvgIpc) is 2.57. The number of carbonyl (C=O) groups is 1. The smallest absolute Gasteiger partial charge is 0.161 e. The number of Topliss-reactive ketones (excluding diaryl/α,β-unsaturated/α-hetero) is 1. The summed E-state index contributed by atoms with van der Waals surface area (Å²) < 4.78 is 14.7. The quantitative estimate of drug-likeness (QED) is 0.724. The summed E-state index contributed by atoms with van der Waals surface area (Å²) in [6.07, 6.45) is 1.59. The Morgan fingerprint density at radius 2 is 2.31 bits per heavy atom. The van der Waals surface area contributed by atoms with E-state index in [9.17, 15) is 9.18 Å². The number of nitriles is 1. The zero-order valence-corrected chi connectivity index (χ0v) is 8.70. The minimum absolute atomic E-state index is 0.132. The van der Waals surface area contributed by atoms with E-state index in [1.165, 1.54) is 19.1 Å². The second-order valence-electron chi connectivity index (χ2n) is 3.55. The standard InChI is InChI=1S/C12H9FN2O/c1-8(16)11-7-15(5-4-14)12-3-2-9(13)6-10(11)12/h2-3,6-7H,5H2,1H3. The molecule has 0 aliphatic rings. The van der Waals surface area contributed by atoms with E-state index >= 15 is 0 Å². The Kier molecular flexibility index (Phi) is 2.45. The lowest BCUT2D eigenvalue weighted by Crippen LogP contribution is -1.93. The Bertz CT molecular complexity index is 607. The molecular weight excluding hydrogens is 207 g/mol. The lowest BCUT2D eigenvalue weighted by molar-refractivity contribution is 0.101. The SMILES string of the molecule is CC(=O)c1cn(CC#N)c2ccc(F)cc12. The third-order valence-corrected chi connectivity index (χ3v) is 2.46. The van der Waals surface area contributed by atoms with Gasteiger partial charge in [0.1, 0.15) is 12.4 Å². The van der Waals surface area contributed by atoms with Crippen LogP contribution in [0, 0.1) is 17.1 Å². The Labute approximate surface area is 91.7 Å². The summed E-state index contributed by atoms with van der Waals surface area (Å²) in [5.74, 6) is -0.517. The predicted octanol–water partition coefficient (Wildman–Crippen LogP) is 2.51. The van der Waals surface area contributed by atoms with Crippen molar-refractivity contribution in [2.24, 2.45) is 0 Å². The number of hydrogen-bond donors (Lipinski definition) is 0. The molecule has 1 aromatic carbocycles. The highest BCUT2D eigenvalue weighted by Gasteiger charge is 2.12. The molecule has 0 radical (unpaired) electrons. The van der Waals surface area contributed by atoms with Crippen LogP contribution in [0.3, 0.4) is 0 Å². The van der Waals surface area contributed by atoms with Crippen molar-refractivity contribution in [3.05, 3.63) is 35.8 Å². The van der Waals surface area contributed by atoms with Gasteiger partial charge in [0.15, 0.2) is 5.78 Å². The van der Waals surface area contributed by atoms with Gasteiger partial charge in [-0.1, -0.05) is 0 Å². The van der Waals surface area contributed by atoms with E-state index in [-0.39, 0.29) is 18.1 Å². The van der Waals surface area contributed by atoms with Gasteiger partial charge < -0.3 is 4.57 Å². The van der Waals surface area contributed by atoms with Gasteiger partial charge in [-0.2, -0.15) is 5.26 Å². The molecule has 80 valence electrons. The largest absolute Gasteiger partial charge is 0.333 e. The van der Waals surface area contributed by atoms with Gasteiger partial charge in [0.05, 0.1) is 6.07 Å². The number of nitrogens with zero attached hydrogens (tertiary/aromatic N) is 2. The van der Waals surface area contributed by atoms with E-state index in [0.29, 0.717) is 16.5 Å². The molecule has 0 saturated heterocycles. The van der Waals surface area contributed by atoms with E-state index in [1.807, 2.05) is 6.07 Å². The monoisotopic (exact) mass is 216 g/mol. The van der Waals surface area contributed by atoms with Crippen LogP contribution in [0.15, 0.2) is 24.4 Å². The Morgan fingerprint density at radius 1 is 1.56 bits per heavy atom. The van der Waals surface area contributed by atoms with Crippen LogP contribution < -0.4 is 0 Å². The molecule has 3 nitrogen and oxygen atoms in total. The van der Waals surface area contributed by atoms with Gasteiger partial charge in [-0.3, -0.25) is 4.79 Å². The molecule has 0 fully saturated rings. The fraction of sp³-hybridized carbons (Fsp3) is 0.167. The molecule has 0 bridgehead atoms. The molecule has 1 aromatic heterocycles. The first kappa shape index (κ1) is 10.4. The molecule has 2 rings (SSSR count). The maximum atomic E-state index is 13.1. The molecular formula is C12H9FN2O. The molecule has 2 aromatic rings. The first-order valence-corrected chi connectivity index (χ1v) is 4.80. The zero-order valence-electron chi connectivity index (χ0n) is 8.70. The summed E-state index contributed by atoms with van der Waals surface area (Å²) in [6.45, 7) is 1.58. The first-order valence-electron chi connectivity index (χ1n) is 4.80. The van der Waals surface area contributed by atoms with E-state index in [0.717, 1.165) is 0 Å². The minimum Gasteiger partial charge on any atom is -0.333 e. The molecule has 0 atom stereocenters. The van der Waals surface area contributed by atoms with E-state index < -0.39 is 0 Å². The lowest BCUT2D eigenvalue weighted by atomic mass is 10.1. The van der Waals surface area contributed by atoms with Crippen LogP contribution in [0.4, 0.5) is 4.39 Å². The van der Waals surface area contributed by atoms with Crippen molar-refractivity contribution in [3.8, 4) is 6.07 Å². The number of ketones is 1. The highest BCUT2D eigenvalue weighted by molar-refractivity contribution is 6.07. The van der Waals surface area contributed by atoms with E-state index in [2.05, 4.69) is 0 Å². The van der Waals surface area contributed by atoms with Gasteiger partial charge in [-0.15, -0.1) is 0 Å². The minimum atomic E-state index is -0.385. The summed E-state index contributed by atoms with van der Waals surface area (Å²) in [6, 6.07) is 6.22. The van der Waals surface area contributed by atoms with Crippen molar-refractivity contribution >= 4 is 16.7 Å². The van der Waals surface area contributed by atoms with Crippen LogP contribution in [0.5, 0.6) is 0 Å². The normalized spacial score (nSPS) is 10.3. The number of carbonyl (C=O) groups excluding carboxylic acids is 1. The van der Waals surface area contributed by atoms with E-state index in [4.69, 9.17) is 5.26 Å². The molecule has 0 saturated carbocycles. The second kappa shape index (κ2) is 3.78.